The number of hydrogen-bond acceptors (Lipinski definition) is 5. The Morgan fingerprint density at radius 1 is 1.58 bits per heavy atom. The van der Waals surface area contributed by atoms with Crippen LogP contribution in [0.4, 0.5) is 0 Å². The van der Waals surface area contributed by atoms with Crippen LogP contribution < -0.4 is 0 Å². The molecule has 1 aliphatic heterocycles. The van der Waals surface area contributed by atoms with Crippen LogP contribution in [0.1, 0.15) is 19.8 Å². The minimum atomic E-state index is -1.10. The molecule has 104 valence electrons. The van der Waals surface area contributed by atoms with Gasteiger partial charge >= 0.3 is 5.97 Å². The van der Waals surface area contributed by atoms with E-state index in [-0.39, 0.29) is 29.8 Å². The van der Waals surface area contributed by atoms with E-state index < -0.39 is 18.2 Å². The SMILES string of the molecule is C/C(=C\C(C=O)OC1CC(=O)C2COC1C2)C(=O)O. The number of aliphatic carboxylic acids is 1. The van der Waals surface area contributed by atoms with Gasteiger partial charge in [0.05, 0.1) is 18.8 Å². The average molecular weight is 268 g/mol. The maximum absolute atomic E-state index is 11.7. The van der Waals surface area contributed by atoms with E-state index in [1.807, 2.05) is 0 Å². The molecule has 0 spiro atoms. The highest BCUT2D eigenvalue weighted by Gasteiger charge is 2.43. The lowest BCUT2D eigenvalue weighted by atomic mass is 9.87. The fourth-order valence-corrected chi connectivity index (χ4v) is 2.40. The first-order valence-corrected chi connectivity index (χ1v) is 6.18. The molecule has 0 radical (unpaired) electrons. The molecule has 1 heterocycles. The van der Waals surface area contributed by atoms with Crippen LogP contribution in [-0.2, 0) is 23.9 Å². The van der Waals surface area contributed by atoms with Crippen molar-refractivity contribution in [3.05, 3.63) is 11.6 Å². The van der Waals surface area contributed by atoms with Crippen molar-refractivity contribution in [1.29, 1.82) is 0 Å². The number of fused-ring (bicyclic) bond motifs is 2. The topological polar surface area (TPSA) is 89.9 Å². The van der Waals surface area contributed by atoms with Crippen LogP contribution >= 0.6 is 0 Å². The van der Waals surface area contributed by atoms with Gasteiger partial charge in [0.25, 0.3) is 0 Å². The smallest absolute Gasteiger partial charge is 0.331 e. The van der Waals surface area contributed by atoms with Crippen LogP contribution in [-0.4, -0.2) is 48.1 Å². The quantitative estimate of drug-likeness (QED) is 0.571. The Kier molecular flexibility index (Phi) is 4.11. The molecule has 0 aromatic heterocycles. The summed E-state index contributed by atoms with van der Waals surface area (Å²) in [7, 11) is 0. The first kappa shape index (κ1) is 13.9. The molecule has 6 heteroatoms. The predicted octanol–water partition coefficient (Wildman–Crippen LogP) is 0.348. The van der Waals surface area contributed by atoms with E-state index >= 15 is 0 Å². The van der Waals surface area contributed by atoms with Crippen molar-refractivity contribution in [2.24, 2.45) is 5.92 Å². The lowest BCUT2D eigenvalue weighted by Gasteiger charge is -2.27. The number of carboxylic acid groups (broad SMARTS) is 1. The van der Waals surface area contributed by atoms with Gasteiger partial charge in [0.2, 0.25) is 0 Å². The van der Waals surface area contributed by atoms with Crippen LogP contribution in [0.5, 0.6) is 0 Å². The first-order valence-electron chi connectivity index (χ1n) is 6.18. The Hall–Kier alpha value is -1.53. The minimum Gasteiger partial charge on any atom is -0.478 e. The third-order valence-electron chi connectivity index (χ3n) is 3.52. The number of hydrogen-bond donors (Lipinski definition) is 1. The van der Waals surface area contributed by atoms with E-state index in [0.717, 1.165) is 0 Å². The van der Waals surface area contributed by atoms with Crippen molar-refractivity contribution < 1.29 is 29.0 Å². The summed E-state index contributed by atoms with van der Waals surface area (Å²) in [6.07, 6.45) is 0.993. The zero-order valence-corrected chi connectivity index (χ0v) is 10.6. The van der Waals surface area contributed by atoms with Gasteiger partial charge in [0, 0.05) is 17.9 Å². The second-order valence-electron chi connectivity index (χ2n) is 4.90. The summed E-state index contributed by atoms with van der Waals surface area (Å²) in [5.41, 5.74) is 0.0319. The fraction of sp³-hybridized carbons (Fsp3) is 0.615. The van der Waals surface area contributed by atoms with Gasteiger partial charge in [-0.3, -0.25) is 4.79 Å². The number of carboxylic acids is 1. The van der Waals surface area contributed by atoms with E-state index in [9.17, 15) is 14.4 Å². The first-order chi connectivity index (χ1) is 9.01. The number of carbonyl (C=O) groups excluding carboxylic acids is 2. The van der Waals surface area contributed by atoms with E-state index in [2.05, 4.69) is 0 Å². The number of aldehydes is 1. The Morgan fingerprint density at radius 2 is 2.32 bits per heavy atom. The molecule has 0 aromatic rings. The Labute approximate surface area is 110 Å². The normalized spacial score (nSPS) is 32.2. The summed E-state index contributed by atoms with van der Waals surface area (Å²) in [6.45, 7) is 1.80. The molecule has 1 saturated carbocycles. The lowest BCUT2D eigenvalue weighted by molar-refractivity contribution is -0.136. The predicted molar refractivity (Wildman–Crippen MR) is 63.6 cm³/mol. The van der Waals surface area contributed by atoms with Crippen LogP contribution in [0.15, 0.2) is 11.6 Å². The monoisotopic (exact) mass is 268 g/mol. The molecule has 6 nitrogen and oxygen atoms in total. The zero-order valence-electron chi connectivity index (χ0n) is 10.6. The van der Waals surface area contributed by atoms with Gasteiger partial charge in [-0.05, 0) is 19.4 Å². The fourth-order valence-electron chi connectivity index (χ4n) is 2.40. The van der Waals surface area contributed by atoms with Gasteiger partial charge in [-0.25, -0.2) is 4.79 Å². The van der Waals surface area contributed by atoms with Crippen molar-refractivity contribution in [2.45, 2.75) is 38.1 Å². The molecule has 4 atom stereocenters. The largest absolute Gasteiger partial charge is 0.478 e. The number of Topliss-reactive ketones (excluding diaryl/α,β-unsaturated/α-hetero) is 1. The van der Waals surface area contributed by atoms with Gasteiger partial charge in [-0.1, -0.05) is 0 Å². The maximum Gasteiger partial charge on any atom is 0.331 e. The molecule has 4 unspecified atom stereocenters. The highest BCUT2D eigenvalue weighted by atomic mass is 16.6. The van der Waals surface area contributed by atoms with Crippen LogP contribution in [0.3, 0.4) is 0 Å². The van der Waals surface area contributed by atoms with E-state index in [1.165, 1.54) is 13.0 Å². The van der Waals surface area contributed by atoms with Gasteiger partial charge in [-0.2, -0.15) is 0 Å². The summed E-state index contributed by atoms with van der Waals surface area (Å²) >= 11 is 0. The van der Waals surface area contributed by atoms with Crippen LogP contribution in [0.25, 0.3) is 0 Å². The lowest BCUT2D eigenvalue weighted by Crippen LogP contribution is -2.38. The standard InChI is InChI=1S/C13H16O6/c1-7(13(16)17)2-9(5-14)19-12-4-10(15)8-3-11(12)18-6-8/h2,5,8-9,11-12H,3-4,6H2,1H3,(H,16,17)/b7-2+. The van der Waals surface area contributed by atoms with Crippen LogP contribution in [0.2, 0.25) is 0 Å². The maximum atomic E-state index is 11.7. The Balaban J connectivity index is 2.02. The molecule has 0 aromatic carbocycles. The van der Waals surface area contributed by atoms with Crippen molar-refractivity contribution >= 4 is 18.0 Å². The van der Waals surface area contributed by atoms with Crippen molar-refractivity contribution in [2.75, 3.05) is 6.61 Å². The molecule has 2 aliphatic rings. The summed E-state index contributed by atoms with van der Waals surface area (Å²) in [5.74, 6) is -1.06. The Bertz CT molecular complexity index is 427. The van der Waals surface area contributed by atoms with E-state index in [0.29, 0.717) is 19.3 Å². The summed E-state index contributed by atoms with van der Waals surface area (Å²) < 4.78 is 11.0. The number of ether oxygens (including phenoxy) is 2. The molecule has 2 bridgehead atoms. The molecule has 0 amide bonds. The molecule has 19 heavy (non-hydrogen) atoms. The molecule has 1 saturated heterocycles. The third-order valence-corrected chi connectivity index (χ3v) is 3.52. The van der Waals surface area contributed by atoms with E-state index in [4.69, 9.17) is 14.6 Å². The zero-order chi connectivity index (χ0) is 14.0. The van der Waals surface area contributed by atoms with Crippen molar-refractivity contribution in [3.8, 4) is 0 Å². The van der Waals surface area contributed by atoms with Gasteiger partial charge < -0.3 is 19.4 Å². The number of carbonyl (C=O) groups is 3. The van der Waals surface area contributed by atoms with Crippen LogP contribution in [0, 0.1) is 5.92 Å². The molecular weight excluding hydrogens is 252 g/mol. The number of ketones is 1. The highest BCUT2D eigenvalue weighted by molar-refractivity contribution is 5.86. The second-order valence-corrected chi connectivity index (χ2v) is 4.90. The molecule has 1 N–H and O–H groups in total. The van der Waals surface area contributed by atoms with Gasteiger partial charge in [0.1, 0.15) is 11.9 Å². The summed E-state index contributed by atoms with van der Waals surface area (Å²) in [5, 5.41) is 8.76. The summed E-state index contributed by atoms with van der Waals surface area (Å²) in [6, 6.07) is 0. The van der Waals surface area contributed by atoms with Gasteiger partial charge in [0.15, 0.2) is 6.29 Å². The summed E-state index contributed by atoms with van der Waals surface area (Å²) in [4.78, 5) is 33.3. The second kappa shape index (κ2) is 5.63. The average Bonchev–Trinajstić information content (AvgIpc) is 2.80. The molecular formula is C13H16O6. The molecule has 2 fully saturated rings. The van der Waals surface area contributed by atoms with Crippen molar-refractivity contribution in [3.63, 3.8) is 0 Å². The Morgan fingerprint density at radius 3 is 2.95 bits per heavy atom. The highest BCUT2D eigenvalue weighted by Crippen LogP contribution is 2.33. The molecule has 1 aliphatic carbocycles. The van der Waals surface area contributed by atoms with Crippen molar-refractivity contribution in [1.82, 2.24) is 0 Å². The molecule has 2 rings (SSSR count). The van der Waals surface area contributed by atoms with E-state index in [1.54, 1.807) is 0 Å². The number of rotatable bonds is 5. The third kappa shape index (κ3) is 3.08. The minimum absolute atomic E-state index is 0.0319. The van der Waals surface area contributed by atoms with Gasteiger partial charge in [-0.15, -0.1) is 0 Å².